The summed E-state index contributed by atoms with van der Waals surface area (Å²) in [6.45, 7) is 0.571. The van der Waals surface area contributed by atoms with Crippen LogP contribution < -0.4 is 10.6 Å². The van der Waals surface area contributed by atoms with Crippen molar-refractivity contribution in [1.29, 1.82) is 0 Å². The van der Waals surface area contributed by atoms with Gasteiger partial charge in [0.15, 0.2) is 5.65 Å². The van der Waals surface area contributed by atoms with E-state index in [1.165, 1.54) is 6.42 Å². The Kier molecular flexibility index (Phi) is 5.46. The monoisotopic (exact) mass is 468 g/mol. The minimum Gasteiger partial charge on any atom is -0.381 e. The summed E-state index contributed by atoms with van der Waals surface area (Å²) in [6, 6.07) is 18.4. The van der Waals surface area contributed by atoms with Crippen molar-refractivity contribution in [3.05, 3.63) is 72.6 Å². The van der Waals surface area contributed by atoms with Gasteiger partial charge in [-0.25, -0.2) is 14.6 Å². The molecule has 2 N–H and O–H groups in total. The lowest BCUT2D eigenvalue weighted by molar-refractivity contribution is 0.665. The molecule has 8 nitrogen and oxygen atoms in total. The zero-order valence-electron chi connectivity index (χ0n) is 18.5. The van der Waals surface area contributed by atoms with Crippen molar-refractivity contribution in [1.82, 2.24) is 29.9 Å². The van der Waals surface area contributed by atoms with Gasteiger partial charge in [-0.05, 0) is 54.8 Å². The smallest absolute Gasteiger partial charge is 0.180 e. The van der Waals surface area contributed by atoms with E-state index in [0.29, 0.717) is 23.7 Å². The first-order valence-corrected chi connectivity index (χ1v) is 11.9. The second kappa shape index (κ2) is 8.90. The molecule has 0 radical (unpaired) electrons. The molecule has 170 valence electrons. The molecule has 1 aliphatic rings. The van der Waals surface area contributed by atoms with Crippen molar-refractivity contribution >= 4 is 52.0 Å². The number of rotatable bonds is 6. The van der Waals surface area contributed by atoms with Crippen LogP contribution in [0.3, 0.4) is 0 Å². The Labute approximate surface area is 202 Å². The van der Waals surface area contributed by atoms with E-state index < -0.39 is 0 Å². The maximum absolute atomic E-state index is 4.78. The van der Waals surface area contributed by atoms with Gasteiger partial charge in [-0.15, -0.1) is 5.10 Å². The van der Waals surface area contributed by atoms with Crippen LogP contribution in [0.4, 0.5) is 17.3 Å². The van der Waals surface area contributed by atoms with Crippen LogP contribution in [0, 0.1) is 0 Å². The van der Waals surface area contributed by atoms with Gasteiger partial charge < -0.3 is 10.6 Å². The summed E-state index contributed by atoms with van der Waals surface area (Å²) in [5.74, 6) is 1.42. The van der Waals surface area contributed by atoms with Crippen molar-refractivity contribution in [2.24, 2.45) is 0 Å². The average molecular weight is 469 g/mol. The fourth-order valence-corrected chi connectivity index (χ4v) is 4.88. The molecule has 2 atom stereocenters. The summed E-state index contributed by atoms with van der Waals surface area (Å²) in [6.07, 6.45) is 7.11. The first-order valence-electron chi connectivity index (χ1n) is 11.4. The third-order valence-corrected chi connectivity index (χ3v) is 6.82. The van der Waals surface area contributed by atoms with Crippen LogP contribution in [0.2, 0.25) is 0 Å². The van der Waals surface area contributed by atoms with Crippen LogP contribution in [0.15, 0.2) is 67.0 Å². The molecule has 0 aliphatic heterocycles. The van der Waals surface area contributed by atoms with Gasteiger partial charge >= 0.3 is 0 Å². The number of nitrogens with zero attached hydrogens (tertiary/aromatic N) is 6. The minimum absolute atomic E-state index is 0.388. The van der Waals surface area contributed by atoms with E-state index in [-0.39, 0.29) is 0 Å². The van der Waals surface area contributed by atoms with Gasteiger partial charge in [0.2, 0.25) is 0 Å². The molecule has 9 heteroatoms. The molecule has 1 saturated carbocycles. The van der Waals surface area contributed by atoms with Gasteiger partial charge in [0.25, 0.3) is 0 Å². The number of thiol groups is 1. The molecule has 0 bridgehead atoms. The van der Waals surface area contributed by atoms with Gasteiger partial charge in [0, 0.05) is 40.8 Å². The number of anilines is 3. The normalized spacial score (nSPS) is 17.9. The highest BCUT2D eigenvalue weighted by molar-refractivity contribution is 7.81. The molecule has 1 aliphatic carbocycles. The molecule has 4 heterocycles. The van der Waals surface area contributed by atoms with Crippen molar-refractivity contribution in [3.8, 4) is 0 Å². The molecule has 0 unspecified atom stereocenters. The summed E-state index contributed by atoms with van der Waals surface area (Å²) in [7, 11) is 0. The number of fused-ring (bicyclic) bond motifs is 2. The summed E-state index contributed by atoms with van der Waals surface area (Å²) >= 11 is 4.69. The Morgan fingerprint density at radius 2 is 1.88 bits per heavy atom. The van der Waals surface area contributed by atoms with E-state index in [2.05, 4.69) is 49.1 Å². The first-order chi connectivity index (χ1) is 16.7. The minimum atomic E-state index is 0.388. The maximum Gasteiger partial charge on any atom is 0.180 e. The summed E-state index contributed by atoms with van der Waals surface area (Å²) < 4.78 is 1.82. The van der Waals surface area contributed by atoms with Gasteiger partial charge in [-0.2, -0.15) is 12.6 Å². The highest BCUT2D eigenvalue weighted by atomic mass is 32.1. The predicted octanol–water partition coefficient (Wildman–Crippen LogP) is 4.82. The second-order valence-corrected chi connectivity index (χ2v) is 9.28. The number of hydrogen-bond donors (Lipinski definition) is 3. The third kappa shape index (κ3) is 4.26. The number of aromatic nitrogens is 6. The SMILES string of the molecule is S[C@@H]1CCC[C@H]1Nc1ccnc(Nc2ccc3nnn(Cc4ccc5ncccc5c4)c3n2)c1. The summed E-state index contributed by atoms with van der Waals surface area (Å²) in [4.78, 5) is 13.6. The standard InChI is InChI=1S/C25H24N8S/c34-22-5-1-4-20(22)28-18-10-12-27-24(14-18)29-23-9-8-21-25(30-23)33(32-31-21)15-16-6-7-19-17(13-16)3-2-11-26-19/h2-3,6-14,20,22,34H,1,4-5,15H2,(H2,27,28,29,30)/t20-,22-/m1/s1. The highest BCUT2D eigenvalue weighted by Crippen LogP contribution is 2.28. The van der Waals surface area contributed by atoms with E-state index >= 15 is 0 Å². The maximum atomic E-state index is 4.78. The van der Waals surface area contributed by atoms with Crippen LogP contribution in [-0.4, -0.2) is 41.2 Å². The van der Waals surface area contributed by atoms with Crippen molar-refractivity contribution in [2.45, 2.75) is 37.1 Å². The molecule has 0 saturated heterocycles. The predicted molar refractivity (Wildman–Crippen MR) is 138 cm³/mol. The van der Waals surface area contributed by atoms with Crippen LogP contribution in [0.25, 0.3) is 22.1 Å². The second-order valence-electron chi connectivity index (χ2n) is 8.62. The summed E-state index contributed by atoms with van der Waals surface area (Å²) in [5, 5.41) is 17.0. The van der Waals surface area contributed by atoms with Crippen molar-refractivity contribution < 1.29 is 0 Å². The zero-order chi connectivity index (χ0) is 22.9. The van der Waals surface area contributed by atoms with E-state index in [1.54, 1.807) is 12.4 Å². The fraction of sp³-hybridized carbons (Fsp3) is 0.240. The highest BCUT2D eigenvalue weighted by Gasteiger charge is 2.23. The molecule has 1 fully saturated rings. The van der Waals surface area contributed by atoms with Gasteiger partial charge in [-0.1, -0.05) is 23.8 Å². The van der Waals surface area contributed by atoms with Crippen molar-refractivity contribution in [2.75, 3.05) is 10.6 Å². The summed E-state index contributed by atoms with van der Waals surface area (Å²) in [5.41, 5.74) is 4.58. The number of hydrogen-bond acceptors (Lipinski definition) is 8. The quantitative estimate of drug-likeness (QED) is 0.308. The molecule has 6 rings (SSSR count). The number of pyridine rings is 3. The van der Waals surface area contributed by atoms with Gasteiger partial charge in [0.1, 0.15) is 17.2 Å². The zero-order valence-corrected chi connectivity index (χ0v) is 19.4. The number of nitrogens with one attached hydrogen (secondary N) is 2. The van der Waals surface area contributed by atoms with E-state index in [4.69, 9.17) is 17.6 Å². The Morgan fingerprint density at radius 1 is 0.941 bits per heavy atom. The Hall–Kier alpha value is -3.72. The average Bonchev–Trinajstić information content (AvgIpc) is 3.45. The lowest BCUT2D eigenvalue weighted by Gasteiger charge is -2.18. The molecule has 4 aromatic heterocycles. The largest absolute Gasteiger partial charge is 0.381 e. The lowest BCUT2D eigenvalue weighted by Crippen LogP contribution is -2.24. The Bertz CT molecular complexity index is 1470. The first kappa shape index (κ1) is 20.9. The fourth-order valence-electron chi connectivity index (χ4n) is 4.47. The van der Waals surface area contributed by atoms with Crippen molar-refractivity contribution in [3.63, 3.8) is 0 Å². The van der Waals surface area contributed by atoms with Crippen LogP contribution in [0.5, 0.6) is 0 Å². The Balaban J connectivity index is 1.23. The molecule has 34 heavy (non-hydrogen) atoms. The topological polar surface area (TPSA) is 93.4 Å². The molecule has 0 spiro atoms. The lowest BCUT2D eigenvalue weighted by atomic mass is 10.1. The third-order valence-electron chi connectivity index (χ3n) is 6.21. The van der Waals surface area contributed by atoms with Crippen LogP contribution in [-0.2, 0) is 6.54 Å². The molecular formula is C25H24N8S. The molecular weight excluding hydrogens is 444 g/mol. The Morgan fingerprint density at radius 3 is 2.79 bits per heavy atom. The molecule has 0 amide bonds. The van der Waals surface area contributed by atoms with Crippen LogP contribution in [0.1, 0.15) is 24.8 Å². The molecule has 5 aromatic rings. The van der Waals surface area contributed by atoms with Crippen LogP contribution >= 0.6 is 12.6 Å². The van der Waals surface area contributed by atoms with Gasteiger partial charge in [0.05, 0.1) is 12.1 Å². The van der Waals surface area contributed by atoms with E-state index in [9.17, 15) is 0 Å². The van der Waals surface area contributed by atoms with Gasteiger partial charge in [-0.3, -0.25) is 4.98 Å². The van der Waals surface area contributed by atoms with E-state index in [1.807, 2.05) is 41.1 Å². The number of benzene rings is 1. The molecule has 1 aromatic carbocycles. The van der Waals surface area contributed by atoms with E-state index in [0.717, 1.165) is 52.0 Å².